The lowest BCUT2D eigenvalue weighted by Crippen LogP contribution is -2.31. The first-order valence-corrected chi connectivity index (χ1v) is 6.28. The maximum absolute atomic E-state index is 14.6. The van der Waals surface area contributed by atoms with Crippen molar-refractivity contribution >= 4 is 17.1 Å². The van der Waals surface area contributed by atoms with Crippen LogP contribution in [0.1, 0.15) is 6.04 Å². The summed E-state index contributed by atoms with van der Waals surface area (Å²) in [7, 11) is 0. The van der Waals surface area contributed by atoms with E-state index >= 15 is 0 Å². The summed E-state index contributed by atoms with van der Waals surface area (Å²) >= 11 is 0. The number of imidazole rings is 1. The molecule has 2 aliphatic rings. The summed E-state index contributed by atoms with van der Waals surface area (Å²) in [5.74, 6) is -4.19. The molecule has 0 bridgehead atoms. The zero-order valence-corrected chi connectivity index (χ0v) is 10.5. The van der Waals surface area contributed by atoms with Crippen molar-refractivity contribution in [3.05, 3.63) is 12.3 Å². The van der Waals surface area contributed by atoms with Crippen LogP contribution >= 0.6 is 0 Å². The third kappa shape index (κ3) is 1.49. The predicted molar refractivity (Wildman–Crippen MR) is 64.0 cm³/mol. The fourth-order valence-electron chi connectivity index (χ4n) is 3.05. The molecule has 1 saturated heterocycles. The molecule has 0 radical (unpaired) electrons. The van der Waals surface area contributed by atoms with Crippen LogP contribution in [0, 0.1) is 11.9 Å². The molecule has 1 saturated carbocycles. The van der Waals surface area contributed by atoms with Crippen LogP contribution in [0.3, 0.4) is 0 Å². The summed E-state index contributed by atoms with van der Waals surface area (Å²) in [5, 5.41) is 18.9. The highest BCUT2D eigenvalue weighted by Crippen LogP contribution is 2.65. The average Bonchev–Trinajstić information content (AvgIpc) is 2.73. The molecule has 2 aromatic heterocycles. The highest BCUT2D eigenvalue weighted by Gasteiger charge is 2.78. The van der Waals surface area contributed by atoms with Gasteiger partial charge in [0.05, 0.1) is 25.0 Å². The number of ether oxygens (including phenoxy) is 1. The number of hydrogen-bond donors (Lipinski definition) is 3. The minimum atomic E-state index is -2.13. The van der Waals surface area contributed by atoms with Gasteiger partial charge in [-0.3, -0.25) is 0 Å². The number of aromatic nitrogens is 4. The smallest absolute Gasteiger partial charge is 0.245 e. The van der Waals surface area contributed by atoms with Gasteiger partial charge < -0.3 is 25.3 Å². The van der Waals surface area contributed by atoms with Crippen molar-refractivity contribution in [3.8, 4) is 0 Å². The molecule has 1 aliphatic heterocycles. The van der Waals surface area contributed by atoms with Gasteiger partial charge in [-0.2, -0.15) is 14.4 Å². The number of nitrogen functional groups attached to an aromatic ring is 1. The van der Waals surface area contributed by atoms with Gasteiger partial charge in [-0.1, -0.05) is 0 Å². The van der Waals surface area contributed by atoms with Gasteiger partial charge in [-0.15, -0.1) is 0 Å². The molecule has 5 atom stereocenters. The Hall–Kier alpha value is -1.91. The van der Waals surface area contributed by atoms with Gasteiger partial charge >= 0.3 is 0 Å². The Morgan fingerprint density at radius 3 is 2.86 bits per heavy atom. The second kappa shape index (κ2) is 3.84. The molecular weight excluding hydrogens is 288 g/mol. The molecular formula is C11H11F2N5O3. The number of halogens is 2. The number of aliphatic hydroxyl groups is 2. The Bertz CT molecular complexity index is 740. The number of rotatable bonds is 2. The van der Waals surface area contributed by atoms with E-state index in [1.54, 1.807) is 0 Å². The van der Waals surface area contributed by atoms with E-state index in [4.69, 9.17) is 15.6 Å². The van der Waals surface area contributed by atoms with Crippen LogP contribution < -0.4 is 5.73 Å². The Labute approximate surface area is 116 Å². The van der Waals surface area contributed by atoms with Gasteiger partial charge in [-0.05, 0) is 0 Å². The zero-order chi connectivity index (χ0) is 14.9. The monoisotopic (exact) mass is 299 g/mol. The van der Waals surface area contributed by atoms with Gasteiger partial charge in [0.15, 0.2) is 11.2 Å². The summed E-state index contributed by atoms with van der Waals surface area (Å²) in [4.78, 5) is 11.0. The molecule has 3 heterocycles. The lowest BCUT2D eigenvalue weighted by Gasteiger charge is -2.18. The lowest BCUT2D eigenvalue weighted by atomic mass is 10.1. The van der Waals surface area contributed by atoms with Crippen molar-refractivity contribution < 1.29 is 23.7 Å². The topological polar surface area (TPSA) is 119 Å². The molecule has 10 heteroatoms. The van der Waals surface area contributed by atoms with Crippen molar-refractivity contribution in [1.29, 1.82) is 0 Å². The molecule has 0 aromatic carbocycles. The fraction of sp³-hybridized carbons (Fsp3) is 0.545. The van der Waals surface area contributed by atoms with Gasteiger partial charge in [0.2, 0.25) is 17.8 Å². The molecule has 112 valence electrons. The molecule has 4 N–H and O–H groups in total. The van der Waals surface area contributed by atoms with Gasteiger partial charge in [0.1, 0.15) is 12.1 Å². The normalized spacial score (nSPS) is 37.9. The number of alkyl halides is 1. The maximum Gasteiger partial charge on any atom is 0.245 e. The highest BCUT2D eigenvalue weighted by molar-refractivity contribution is 5.72. The molecule has 2 aromatic rings. The Morgan fingerprint density at radius 1 is 1.48 bits per heavy atom. The summed E-state index contributed by atoms with van der Waals surface area (Å²) in [6.07, 6.45) is -0.926. The molecule has 2 fully saturated rings. The van der Waals surface area contributed by atoms with Crippen LogP contribution in [0.15, 0.2) is 6.33 Å². The quantitative estimate of drug-likeness (QED) is 0.617. The summed E-state index contributed by atoms with van der Waals surface area (Å²) < 4.78 is 34.5. The van der Waals surface area contributed by atoms with Crippen LogP contribution in [0.25, 0.3) is 11.2 Å². The molecule has 0 spiro atoms. The van der Waals surface area contributed by atoms with E-state index in [1.165, 1.54) is 10.9 Å². The van der Waals surface area contributed by atoms with Crippen molar-refractivity contribution in [3.63, 3.8) is 0 Å². The Balaban J connectivity index is 1.77. The molecule has 21 heavy (non-hydrogen) atoms. The van der Waals surface area contributed by atoms with Crippen LogP contribution in [0.5, 0.6) is 0 Å². The number of aliphatic hydroxyl groups excluding tert-OH is 2. The number of nitrogens with zero attached hydrogens (tertiary/aromatic N) is 4. The molecule has 0 amide bonds. The SMILES string of the molecule is Nc1nc(F)c2ncn([C@H]3C4C(O)[C@@H](CO)OC43F)c2n1. The minimum Gasteiger partial charge on any atom is -0.394 e. The average molecular weight is 299 g/mol. The van der Waals surface area contributed by atoms with E-state index in [0.717, 1.165) is 0 Å². The number of nitrogens with two attached hydrogens (primary N) is 1. The third-order valence-corrected chi connectivity index (χ3v) is 4.05. The summed E-state index contributed by atoms with van der Waals surface area (Å²) in [5.41, 5.74) is 5.28. The number of fused-ring (bicyclic) bond motifs is 2. The largest absolute Gasteiger partial charge is 0.394 e. The molecule has 3 unspecified atom stereocenters. The Kier molecular flexibility index (Phi) is 2.34. The molecule has 1 aliphatic carbocycles. The van der Waals surface area contributed by atoms with Crippen LogP contribution in [-0.2, 0) is 4.74 Å². The van der Waals surface area contributed by atoms with Crippen molar-refractivity contribution in [1.82, 2.24) is 19.5 Å². The number of hydrogen-bond acceptors (Lipinski definition) is 7. The molecule has 4 rings (SSSR count). The zero-order valence-electron chi connectivity index (χ0n) is 10.5. The van der Waals surface area contributed by atoms with Gasteiger partial charge in [0, 0.05) is 0 Å². The number of anilines is 1. The molecule has 8 nitrogen and oxygen atoms in total. The van der Waals surface area contributed by atoms with E-state index in [-0.39, 0.29) is 17.1 Å². The predicted octanol–water partition coefficient (Wildman–Crippen LogP) is -0.864. The van der Waals surface area contributed by atoms with Crippen LogP contribution in [0.4, 0.5) is 14.7 Å². The second-order valence-corrected chi connectivity index (χ2v) is 5.19. The lowest BCUT2D eigenvalue weighted by molar-refractivity contribution is -0.120. The van der Waals surface area contributed by atoms with E-state index < -0.39 is 42.6 Å². The highest BCUT2D eigenvalue weighted by atomic mass is 19.2. The minimum absolute atomic E-state index is 0.0350. The van der Waals surface area contributed by atoms with Crippen LogP contribution in [-0.4, -0.2) is 54.4 Å². The van der Waals surface area contributed by atoms with Crippen LogP contribution in [0.2, 0.25) is 0 Å². The standard InChI is InChI=1S/C11H11F2N5O3/c12-8-5-9(17-10(14)16-8)18(2-15-5)7-4-6(20)3(1-19)21-11(4,7)13/h2-4,6-7,19-20H,1H2,(H2,14,16,17)/t3-,4?,6?,7+,11?/m1/s1. The summed E-state index contributed by atoms with van der Waals surface area (Å²) in [6.45, 7) is -0.482. The first kappa shape index (κ1) is 12.8. The summed E-state index contributed by atoms with van der Waals surface area (Å²) in [6, 6.07) is -0.894. The maximum atomic E-state index is 14.6. The third-order valence-electron chi connectivity index (χ3n) is 4.05. The fourth-order valence-corrected chi connectivity index (χ4v) is 3.05. The Morgan fingerprint density at radius 2 is 2.24 bits per heavy atom. The first-order valence-electron chi connectivity index (χ1n) is 6.28. The second-order valence-electron chi connectivity index (χ2n) is 5.19. The van der Waals surface area contributed by atoms with E-state index in [0.29, 0.717) is 0 Å². The van der Waals surface area contributed by atoms with Crippen molar-refractivity contribution in [2.45, 2.75) is 24.1 Å². The first-order chi connectivity index (χ1) is 9.97. The van der Waals surface area contributed by atoms with E-state index in [2.05, 4.69) is 15.0 Å². The van der Waals surface area contributed by atoms with Gasteiger partial charge in [0.25, 0.3) is 0 Å². The van der Waals surface area contributed by atoms with E-state index in [9.17, 15) is 13.9 Å². The van der Waals surface area contributed by atoms with Crippen molar-refractivity contribution in [2.24, 2.45) is 5.92 Å². The van der Waals surface area contributed by atoms with Crippen molar-refractivity contribution in [2.75, 3.05) is 12.3 Å². The van der Waals surface area contributed by atoms with Gasteiger partial charge in [-0.25, -0.2) is 9.37 Å². The van der Waals surface area contributed by atoms with E-state index in [1.807, 2.05) is 0 Å².